The van der Waals surface area contributed by atoms with E-state index >= 15 is 0 Å². The lowest BCUT2D eigenvalue weighted by Crippen LogP contribution is -2.48. The molecule has 3 aliphatic heterocycles. The van der Waals surface area contributed by atoms with E-state index in [1.54, 1.807) is 23.1 Å². The number of fused-ring (bicyclic) bond motifs is 1. The molecule has 8 nitrogen and oxygen atoms in total. The average molecular weight is 555 g/mol. The summed E-state index contributed by atoms with van der Waals surface area (Å²) in [5.74, 6) is 0.854. The van der Waals surface area contributed by atoms with Gasteiger partial charge >= 0.3 is 6.03 Å². The average Bonchev–Trinajstić information content (AvgIpc) is 3.58. The van der Waals surface area contributed by atoms with E-state index in [4.69, 9.17) is 0 Å². The topological polar surface area (TPSA) is 81.6 Å². The highest BCUT2D eigenvalue weighted by atomic mass is 32.2. The first-order valence-corrected chi connectivity index (χ1v) is 15.4. The summed E-state index contributed by atoms with van der Waals surface area (Å²) in [4.78, 5) is 32.5. The molecular weight excluding hydrogens is 516 g/mol. The summed E-state index contributed by atoms with van der Waals surface area (Å²) in [7, 11) is 2.08. The van der Waals surface area contributed by atoms with Crippen LogP contribution in [-0.4, -0.2) is 71.8 Å². The third-order valence-electron chi connectivity index (χ3n) is 7.46. The fourth-order valence-electron chi connectivity index (χ4n) is 5.23. The number of hydrogen-bond acceptors (Lipinski definition) is 6. The van der Waals surface area contributed by atoms with Crippen LogP contribution in [0, 0.1) is 0 Å². The van der Waals surface area contributed by atoms with Crippen molar-refractivity contribution in [2.45, 2.75) is 45.2 Å². The number of piperazine rings is 1. The summed E-state index contributed by atoms with van der Waals surface area (Å²) in [6.07, 6.45) is 8.99. The number of hydrogen-bond donors (Lipinski definition) is 3. The van der Waals surface area contributed by atoms with Gasteiger partial charge in [0.25, 0.3) is 5.91 Å². The highest BCUT2D eigenvalue weighted by molar-refractivity contribution is 8.03. The molecule has 204 valence electrons. The lowest BCUT2D eigenvalue weighted by atomic mass is 10.0. The molecule has 1 fully saturated rings. The molecule has 0 spiro atoms. The quantitative estimate of drug-likeness (QED) is 0.524. The summed E-state index contributed by atoms with van der Waals surface area (Å²) in [5.41, 5.74) is 3.93. The summed E-state index contributed by atoms with van der Waals surface area (Å²) in [6.45, 7) is 9.63. The van der Waals surface area contributed by atoms with E-state index in [-0.39, 0.29) is 11.9 Å². The Balaban J connectivity index is 1.36. The van der Waals surface area contributed by atoms with Gasteiger partial charge in [-0.3, -0.25) is 4.79 Å². The molecule has 0 atom stereocenters. The van der Waals surface area contributed by atoms with Crippen LogP contribution in [0.25, 0.3) is 5.00 Å². The van der Waals surface area contributed by atoms with Gasteiger partial charge in [-0.05, 0) is 68.3 Å². The van der Waals surface area contributed by atoms with Gasteiger partial charge in [0, 0.05) is 62.1 Å². The van der Waals surface area contributed by atoms with Crippen LogP contribution in [0.5, 0.6) is 0 Å². The van der Waals surface area contributed by atoms with Crippen molar-refractivity contribution in [1.82, 2.24) is 30.3 Å². The van der Waals surface area contributed by atoms with Gasteiger partial charge in [-0.15, -0.1) is 23.1 Å². The number of urea groups is 1. The molecule has 0 aromatic carbocycles. The molecule has 3 amide bonds. The van der Waals surface area contributed by atoms with E-state index in [1.807, 2.05) is 17.0 Å². The molecule has 5 heterocycles. The maximum Gasteiger partial charge on any atom is 0.319 e. The van der Waals surface area contributed by atoms with Crippen LogP contribution in [0.15, 0.2) is 47.3 Å². The Labute approximate surface area is 233 Å². The Morgan fingerprint density at radius 1 is 1.08 bits per heavy atom. The zero-order valence-electron chi connectivity index (χ0n) is 22.2. The Morgan fingerprint density at radius 2 is 1.87 bits per heavy atom. The molecule has 2 aromatic heterocycles. The Bertz CT molecular complexity index is 1190. The zero-order chi connectivity index (χ0) is 26.5. The number of nitrogens with zero attached hydrogens (tertiary/aromatic N) is 3. The van der Waals surface area contributed by atoms with Gasteiger partial charge < -0.3 is 30.3 Å². The monoisotopic (exact) mass is 554 g/mol. The van der Waals surface area contributed by atoms with Crippen molar-refractivity contribution in [3.8, 4) is 5.00 Å². The Morgan fingerprint density at radius 3 is 2.66 bits per heavy atom. The minimum Gasteiger partial charge on any atom is -0.336 e. The molecule has 2 aromatic rings. The van der Waals surface area contributed by atoms with Gasteiger partial charge in [0.1, 0.15) is 5.00 Å². The van der Waals surface area contributed by atoms with E-state index in [0.717, 1.165) is 74.6 Å². The van der Waals surface area contributed by atoms with Gasteiger partial charge in [-0.1, -0.05) is 13.0 Å². The molecule has 3 aliphatic rings. The number of carbonyl (C=O) groups is 2. The Kier molecular flexibility index (Phi) is 8.93. The predicted molar refractivity (Wildman–Crippen MR) is 156 cm³/mol. The second-order valence-electron chi connectivity index (χ2n) is 10.2. The van der Waals surface area contributed by atoms with Crippen molar-refractivity contribution in [2.24, 2.45) is 0 Å². The van der Waals surface area contributed by atoms with Gasteiger partial charge in [0.15, 0.2) is 0 Å². The maximum absolute atomic E-state index is 13.7. The molecule has 0 aliphatic carbocycles. The number of thiophene rings is 1. The van der Waals surface area contributed by atoms with Gasteiger partial charge in [0.2, 0.25) is 0 Å². The summed E-state index contributed by atoms with van der Waals surface area (Å²) in [6, 6.07) is 3.76. The van der Waals surface area contributed by atoms with Crippen LogP contribution in [0.2, 0.25) is 0 Å². The number of carbonyl (C=O) groups excluding carboxylic acids is 2. The first-order chi connectivity index (χ1) is 18.5. The van der Waals surface area contributed by atoms with Crippen molar-refractivity contribution in [2.75, 3.05) is 45.5 Å². The van der Waals surface area contributed by atoms with E-state index in [0.29, 0.717) is 30.2 Å². The Hall–Kier alpha value is -2.53. The highest BCUT2D eigenvalue weighted by Gasteiger charge is 2.28. The van der Waals surface area contributed by atoms with E-state index < -0.39 is 0 Å². The standard InChI is InChI=1S/C28H38N6O2S2/c1-20-8-4-3-7-17-37-25(24(20)26(35)33-15-13-32(2)14-16-33)31-28(36)30-18-22-21-9-10-29-19-23(21)38-27(22)34-11-5-6-12-34/h5-6,11-12,29H,1,3-4,7-10,13-19H2,2H3,(H2,30,31,36). The number of rotatable bonds is 5. The van der Waals surface area contributed by atoms with Crippen LogP contribution < -0.4 is 16.0 Å². The second-order valence-corrected chi connectivity index (χ2v) is 12.4. The molecule has 38 heavy (non-hydrogen) atoms. The lowest BCUT2D eigenvalue weighted by molar-refractivity contribution is -0.128. The summed E-state index contributed by atoms with van der Waals surface area (Å²) < 4.78 is 2.13. The second kappa shape index (κ2) is 12.5. The third-order valence-corrected chi connectivity index (χ3v) is 9.84. The molecule has 0 unspecified atom stereocenters. The van der Waals surface area contributed by atoms with Crippen LogP contribution in [0.3, 0.4) is 0 Å². The lowest BCUT2D eigenvalue weighted by Gasteiger charge is -2.33. The van der Waals surface area contributed by atoms with Crippen molar-refractivity contribution in [1.29, 1.82) is 0 Å². The third kappa shape index (κ3) is 6.20. The molecule has 1 saturated heterocycles. The minimum atomic E-state index is -0.282. The SMILES string of the molecule is C=C1CCCCCSC(NC(=O)NCc2c(-n3cccc3)sc3c2CCNC3)=C1C(=O)N1CCN(C)CC1. The summed E-state index contributed by atoms with van der Waals surface area (Å²) in [5, 5.41) is 11.4. The highest BCUT2D eigenvalue weighted by Crippen LogP contribution is 2.34. The van der Waals surface area contributed by atoms with Crippen LogP contribution in [0.4, 0.5) is 4.79 Å². The van der Waals surface area contributed by atoms with Crippen molar-refractivity contribution in [3.05, 3.63) is 63.3 Å². The maximum atomic E-state index is 13.7. The fraction of sp³-hybridized carbons (Fsp3) is 0.500. The van der Waals surface area contributed by atoms with Gasteiger partial charge in [-0.2, -0.15) is 0 Å². The molecule has 5 rings (SSSR count). The zero-order valence-corrected chi connectivity index (χ0v) is 23.8. The van der Waals surface area contributed by atoms with E-state index in [9.17, 15) is 9.59 Å². The van der Waals surface area contributed by atoms with Crippen LogP contribution in [0.1, 0.15) is 41.7 Å². The molecular formula is C28H38N6O2S2. The first-order valence-electron chi connectivity index (χ1n) is 13.6. The molecule has 3 N–H and O–H groups in total. The molecule has 0 saturated carbocycles. The smallest absolute Gasteiger partial charge is 0.319 e. The van der Waals surface area contributed by atoms with Gasteiger partial charge in [0.05, 0.1) is 10.6 Å². The van der Waals surface area contributed by atoms with Crippen molar-refractivity contribution in [3.63, 3.8) is 0 Å². The van der Waals surface area contributed by atoms with E-state index in [2.05, 4.69) is 51.4 Å². The predicted octanol–water partition coefficient (Wildman–Crippen LogP) is 3.83. The molecule has 0 radical (unpaired) electrons. The largest absolute Gasteiger partial charge is 0.336 e. The molecule has 0 bridgehead atoms. The van der Waals surface area contributed by atoms with Crippen molar-refractivity contribution < 1.29 is 9.59 Å². The van der Waals surface area contributed by atoms with E-state index in [1.165, 1.54) is 16.0 Å². The fourth-order valence-corrected chi connectivity index (χ4v) is 7.62. The van der Waals surface area contributed by atoms with Crippen LogP contribution >= 0.6 is 23.1 Å². The normalized spacial score (nSPS) is 19.4. The number of amides is 3. The van der Waals surface area contributed by atoms with Gasteiger partial charge in [-0.25, -0.2) is 4.79 Å². The number of thioether (sulfide) groups is 1. The first kappa shape index (κ1) is 27.1. The number of nitrogens with one attached hydrogen (secondary N) is 3. The van der Waals surface area contributed by atoms with Crippen LogP contribution in [-0.2, 0) is 24.3 Å². The van der Waals surface area contributed by atoms with Crippen molar-refractivity contribution >= 4 is 35.0 Å². The summed E-state index contributed by atoms with van der Waals surface area (Å²) >= 11 is 3.35. The minimum absolute atomic E-state index is 0.0119. The molecule has 10 heteroatoms. The number of aromatic nitrogens is 1. The number of likely N-dealkylation sites (N-methyl/N-ethyl adjacent to an activating group) is 1.